The second-order valence-corrected chi connectivity index (χ2v) is 4.91. The topological polar surface area (TPSA) is 83.0 Å². The van der Waals surface area contributed by atoms with Crippen LogP contribution in [0.2, 0.25) is 0 Å². The molecule has 0 spiro atoms. The molecule has 0 saturated carbocycles. The van der Waals surface area contributed by atoms with E-state index in [1.165, 1.54) is 4.68 Å². The molecule has 0 saturated heterocycles. The van der Waals surface area contributed by atoms with Gasteiger partial charge in [0.1, 0.15) is 0 Å². The molecule has 2 aromatic rings. The first-order valence-electron chi connectivity index (χ1n) is 6.40. The van der Waals surface area contributed by atoms with Crippen molar-refractivity contribution in [3.63, 3.8) is 0 Å². The van der Waals surface area contributed by atoms with Crippen LogP contribution >= 0.6 is 0 Å². The van der Waals surface area contributed by atoms with Gasteiger partial charge in [0.15, 0.2) is 5.82 Å². The van der Waals surface area contributed by atoms with E-state index in [0.717, 1.165) is 16.8 Å². The van der Waals surface area contributed by atoms with E-state index in [1.807, 2.05) is 32.0 Å². The van der Waals surface area contributed by atoms with Gasteiger partial charge in [-0.2, -0.15) is 4.68 Å². The van der Waals surface area contributed by atoms with E-state index in [0.29, 0.717) is 0 Å². The lowest BCUT2D eigenvalue weighted by atomic mass is 10.1. The number of benzene rings is 1. The molecule has 20 heavy (non-hydrogen) atoms. The number of nitrogen functional groups attached to an aromatic ring is 1. The molecule has 0 fully saturated rings. The smallest absolute Gasteiger partial charge is 0.363 e. The molecule has 0 amide bonds. The summed E-state index contributed by atoms with van der Waals surface area (Å²) in [5.74, 6) is -0.376. The number of carbonyl (C=O) groups excluding carboxylic acids is 1. The quantitative estimate of drug-likeness (QED) is 0.866. The van der Waals surface area contributed by atoms with Gasteiger partial charge < -0.3 is 10.5 Å². The molecule has 1 aromatic carbocycles. The van der Waals surface area contributed by atoms with Crippen LogP contribution in [0.1, 0.15) is 35.5 Å². The molecule has 0 atom stereocenters. The molecular formula is C14H18N4O2. The van der Waals surface area contributed by atoms with E-state index in [4.69, 9.17) is 10.5 Å². The van der Waals surface area contributed by atoms with E-state index < -0.39 is 5.97 Å². The number of hydrogen-bond acceptors (Lipinski definition) is 5. The third-order valence-electron chi connectivity index (χ3n) is 3.05. The lowest BCUT2D eigenvalue weighted by Gasteiger charge is -2.09. The van der Waals surface area contributed by atoms with Crippen molar-refractivity contribution in [2.45, 2.75) is 33.8 Å². The minimum absolute atomic E-state index is 0.0413. The summed E-state index contributed by atoms with van der Waals surface area (Å²) < 4.78 is 6.54. The van der Waals surface area contributed by atoms with Gasteiger partial charge >= 0.3 is 5.97 Å². The number of carbonyl (C=O) groups is 1. The van der Waals surface area contributed by atoms with Gasteiger partial charge in [-0.05, 0) is 44.9 Å². The van der Waals surface area contributed by atoms with E-state index in [-0.39, 0.29) is 17.6 Å². The molecule has 6 heteroatoms. The lowest BCUT2D eigenvalue weighted by Crippen LogP contribution is -2.14. The molecule has 0 bridgehead atoms. The van der Waals surface area contributed by atoms with Crippen LogP contribution in [-0.2, 0) is 4.74 Å². The van der Waals surface area contributed by atoms with Crippen molar-refractivity contribution in [3.05, 3.63) is 35.0 Å². The summed E-state index contributed by atoms with van der Waals surface area (Å²) in [6.07, 6.45) is -0.229. The normalized spacial score (nSPS) is 10.8. The number of aryl methyl sites for hydroxylation is 1. The second kappa shape index (κ2) is 5.32. The van der Waals surface area contributed by atoms with Crippen molar-refractivity contribution in [2.24, 2.45) is 0 Å². The van der Waals surface area contributed by atoms with Crippen LogP contribution in [0.25, 0.3) is 5.69 Å². The summed E-state index contributed by atoms with van der Waals surface area (Å²) in [5.41, 5.74) is 8.96. The number of nitrogens with zero attached hydrogens (tertiary/aromatic N) is 3. The maximum absolute atomic E-state index is 11.9. The summed E-state index contributed by atoms with van der Waals surface area (Å²) in [4.78, 5) is 11.9. The SMILES string of the molecule is Cc1cccc(-n2nnc(C(=O)OC(C)C)c2N)c1C. The monoisotopic (exact) mass is 274 g/mol. The summed E-state index contributed by atoms with van der Waals surface area (Å²) >= 11 is 0. The van der Waals surface area contributed by atoms with Crippen molar-refractivity contribution in [3.8, 4) is 5.69 Å². The Kier molecular flexibility index (Phi) is 3.74. The van der Waals surface area contributed by atoms with Gasteiger partial charge in [-0.3, -0.25) is 0 Å². The zero-order chi connectivity index (χ0) is 14.9. The summed E-state index contributed by atoms with van der Waals surface area (Å²) in [7, 11) is 0. The lowest BCUT2D eigenvalue weighted by molar-refractivity contribution is 0.0372. The largest absolute Gasteiger partial charge is 0.458 e. The molecule has 6 nitrogen and oxygen atoms in total. The molecule has 1 heterocycles. The maximum Gasteiger partial charge on any atom is 0.363 e. The average Bonchev–Trinajstić information content (AvgIpc) is 2.74. The number of ether oxygens (including phenoxy) is 1. The van der Waals surface area contributed by atoms with Gasteiger partial charge in [0, 0.05) is 0 Å². The van der Waals surface area contributed by atoms with Crippen molar-refractivity contribution in [2.75, 3.05) is 5.73 Å². The number of nitrogens with two attached hydrogens (primary N) is 1. The first-order valence-corrected chi connectivity index (χ1v) is 6.40. The Balaban J connectivity index is 2.43. The fraction of sp³-hybridized carbons (Fsp3) is 0.357. The van der Waals surface area contributed by atoms with Gasteiger partial charge in [0.2, 0.25) is 5.69 Å². The van der Waals surface area contributed by atoms with Crippen molar-refractivity contribution < 1.29 is 9.53 Å². The third kappa shape index (κ3) is 2.49. The highest BCUT2D eigenvalue weighted by Crippen LogP contribution is 2.21. The molecule has 106 valence electrons. The second-order valence-electron chi connectivity index (χ2n) is 4.91. The average molecular weight is 274 g/mol. The third-order valence-corrected chi connectivity index (χ3v) is 3.05. The van der Waals surface area contributed by atoms with Crippen LogP contribution in [0.5, 0.6) is 0 Å². The summed E-state index contributed by atoms with van der Waals surface area (Å²) in [5, 5.41) is 7.79. The fourth-order valence-electron chi connectivity index (χ4n) is 1.85. The van der Waals surface area contributed by atoms with E-state index in [9.17, 15) is 4.79 Å². The Morgan fingerprint density at radius 2 is 2.05 bits per heavy atom. The standard InChI is InChI=1S/C14H18N4O2/c1-8(2)20-14(19)12-13(15)18(17-16-12)11-7-5-6-9(3)10(11)4/h5-8H,15H2,1-4H3. The summed E-state index contributed by atoms with van der Waals surface area (Å²) in [6, 6.07) is 5.79. The zero-order valence-corrected chi connectivity index (χ0v) is 12.0. The maximum atomic E-state index is 11.9. The van der Waals surface area contributed by atoms with Crippen LogP contribution in [-0.4, -0.2) is 27.1 Å². The Hall–Kier alpha value is -2.37. The number of rotatable bonds is 3. The molecule has 0 aliphatic heterocycles. The van der Waals surface area contributed by atoms with Crippen LogP contribution in [0.4, 0.5) is 5.82 Å². The van der Waals surface area contributed by atoms with Gasteiger partial charge in [0.25, 0.3) is 0 Å². The minimum Gasteiger partial charge on any atom is -0.458 e. The number of aromatic nitrogens is 3. The van der Waals surface area contributed by atoms with E-state index in [1.54, 1.807) is 13.8 Å². The predicted octanol–water partition coefficient (Wildman–Crippen LogP) is 2.03. The van der Waals surface area contributed by atoms with Crippen LogP contribution in [0.3, 0.4) is 0 Å². The number of esters is 1. The van der Waals surface area contributed by atoms with E-state index in [2.05, 4.69) is 10.3 Å². The van der Waals surface area contributed by atoms with E-state index >= 15 is 0 Å². The van der Waals surface area contributed by atoms with Crippen molar-refractivity contribution in [1.82, 2.24) is 15.0 Å². The fourth-order valence-corrected chi connectivity index (χ4v) is 1.85. The molecule has 0 aliphatic carbocycles. The van der Waals surface area contributed by atoms with Gasteiger partial charge in [-0.25, -0.2) is 4.79 Å². The molecular weight excluding hydrogens is 256 g/mol. The van der Waals surface area contributed by atoms with Gasteiger partial charge in [-0.15, -0.1) is 5.10 Å². The molecule has 1 aromatic heterocycles. The molecule has 2 rings (SSSR count). The molecule has 0 unspecified atom stereocenters. The van der Waals surface area contributed by atoms with Crippen LogP contribution < -0.4 is 5.73 Å². The van der Waals surface area contributed by atoms with Crippen LogP contribution in [0, 0.1) is 13.8 Å². The van der Waals surface area contributed by atoms with Gasteiger partial charge in [-0.1, -0.05) is 17.3 Å². The number of anilines is 1. The molecule has 0 radical (unpaired) electrons. The highest BCUT2D eigenvalue weighted by molar-refractivity contribution is 5.92. The van der Waals surface area contributed by atoms with Crippen molar-refractivity contribution in [1.29, 1.82) is 0 Å². The number of hydrogen-bond donors (Lipinski definition) is 1. The zero-order valence-electron chi connectivity index (χ0n) is 12.0. The highest BCUT2D eigenvalue weighted by Gasteiger charge is 2.21. The Bertz CT molecular complexity index is 647. The van der Waals surface area contributed by atoms with Gasteiger partial charge in [0.05, 0.1) is 11.8 Å². The predicted molar refractivity (Wildman–Crippen MR) is 75.8 cm³/mol. The first kappa shape index (κ1) is 14.0. The highest BCUT2D eigenvalue weighted by atomic mass is 16.5. The Morgan fingerprint density at radius 3 is 2.70 bits per heavy atom. The first-order chi connectivity index (χ1) is 9.41. The summed E-state index contributed by atoms with van der Waals surface area (Å²) in [6.45, 7) is 7.50. The molecule has 2 N–H and O–H groups in total. The Morgan fingerprint density at radius 1 is 1.35 bits per heavy atom. The minimum atomic E-state index is -0.561. The molecule has 0 aliphatic rings. The van der Waals surface area contributed by atoms with Crippen LogP contribution in [0.15, 0.2) is 18.2 Å². The van der Waals surface area contributed by atoms with Crippen molar-refractivity contribution >= 4 is 11.8 Å². The Labute approximate surface area is 117 Å².